The summed E-state index contributed by atoms with van der Waals surface area (Å²) in [6.07, 6.45) is 7.82. The first-order valence-electron chi connectivity index (χ1n) is 9.14. The van der Waals surface area contributed by atoms with Crippen molar-refractivity contribution in [3.8, 4) is 0 Å². The molecule has 0 atom stereocenters. The predicted molar refractivity (Wildman–Crippen MR) is 109 cm³/mol. The molecule has 0 fully saturated rings. The summed E-state index contributed by atoms with van der Waals surface area (Å²) in [7, 11) is 0. The average molecular weight is 398 g/mol. The first-order valence-corrected chi connectivity index (χ1v) is 10.8. The van der Waals surface area contributed by atoms with Crippen molar-refractivity contribution in [2.75, 3.05) is 0 Å². The number of hydrogen-bond acceptors (Lipinski definition) is 7. The number of aromatic nitrogens is 4. The van der Waals surface area contributed by atoms with Crippen LogP contribution in [0.5, 0.6) is 0 Å². The topological polar surface area (TPSA) is 64.7 Å². The smallest absolute Gasteiger partial charge is 0.192 e. The molecule has 5 rings (SSSR count). The molecule has 0 amide bonds. The number of rotatable bonds is 4. The first kappa shape index (κ1) is 16.8. The molecule has 0 N–H and O–H groups in total. The number of thiophene rings is 2. The van der Waals surface area contributed by atoms with Crippen LogP contribution < -0.4 is 0 Å². The molecule has 0 aromatic carbocycles. The van der Waals surface area contributed by atoms with E-state index in [-0.39, 0.29) is 6.61 Å². The molecule has 4 heterocycles. The Morgan fingerprint density at radius 3 is 3.11 bits per heavy atom. The van der Waals surface area contributed by atoms with Gasteiger partial charge in [0.2, 0.25) is 0 Å². The zero-order chi connectivity index (χ0) is 18.2. The summed E-state index contributed by atoms with van der Waals surface area (Å²) in [5.74, 6) is 0.626. The summed E-state index contributed by atoms with van der Waals surface area (Å²) in [6, 6.07) is 4.03. The average Bonchev–Trinajstić information content (AvgIpc) is 3.37. The minimum atomic E-state index is 0.248. The maximum absolute atomic E-state index is 5.50. The van der Waals surface area contributed by atoms with Crippen molar-refractivity contribution < 1.29 is 4.84 Å². The van der Waals surface area contributed by atoms with Crippen molar-refractivity contribution in [3.05, 3.63) is 45.0 Å². The monoisotopic (exact) mass is 397 g/mol. The third-order valence-corrected chi connectivity index (χ3v) is 7.04. The fraction of sp³-hybridized carbons (Fsp3) is 0.368. The van der Waals surface area contributed by atoms with Gasteiger partial charge in [-0.15, -0.1) is 27.8 Å². The maximum Gasteiger partial charge on any atom is 0.192 e. The highest BCUT2D eigenvalue weighted by Crippen LogP contribution is 2.36. The molecule has 0 radical (unpaired) electrons. The third kappa shape index (κ3) is 3.12. The van der Waals surface area contributed by atoms with E-state index < -0.39 is 0 Å². The van der Waals surface area contributed by atoms with Crippen molar-refractivity contribution >= 4 is 44.2 Å². The van der Waals surface area contributed by atoms with Crippen LogP contribution in [-0.2, 0) is 24.3 Å². The molecule has 0 spiro atoms. The molecule has 0 saturated heterocycles. The van der Waals surface area contributed by atoms with E-state index in [9.17, 15) is 0 Å². The molecular formula is C19H19N5OS2. The van der Waals surface area contributed by atoms with Gasteiger partial charge in [0.1, 0.15) is 11.2 Å². The lowest BCUT2D eigenvalue weighted by Gasteiger charge is -1.98. The van der Waals surface area contributed by atoms with E-state index in [1.165, 1.54) is 35.1 Å². The largest absolute Gasteiger partial charge is 0.387 e. The highest BCUT2D eigenvalue weighted by molar-refractivity contribution is 7.19. The van der Waals surface area contributed by atoms with Crippen LogP contribution >= 0.6 is 22.7 Å². The van der Waals surface area contributed by atoms with E-state index in [0.29, 0.717) is 5.82 Å². The second-order valence-corrected chi connectivity index (χ2v) is 8.74. The second kappa shape index (κ2) is 7.01. The lowest BCUT2D eigenvalue weighted by atomic mass is 10.1. The Hall–Kier alpha value is -2.32. The fourth-order valence-electron chi connectivity index (χ4n) is 3.55. The zero-order valence-corrected chi connectivity index (χ0v) is 16.6. The van der Waals surface area contributed by atoms with Crippen LogP contribution in [0.25, 0.3) is 15.9 Å². The Morgan fingerprint density at radius 2 is 2.22 bits per heavy atom. The molecule has 0 unspecified atom stereocenters. The molecule has 27 heavy (non-hydrogen) atoms. The van der Waals surface area contributed by atoms with E-state index in [4.69, 9.17) is 9.82 Å². The Bertz CT molecular complexity index is 1130. The number of oxime groups is 1. The van der Waals surface area contributed by atoms with Crippen molar-refractivity contribution in [1.29, 1.82) is 0 Å². The molecule has 0 saturated carbocycles. The van der Waals surface area contributed by atoms with E-state index in [1.54, 1.807) is 22.2 Å². The van der Waals surface area contributed by atoms with Gasteiger partial charge in [0.05, 0.1) is 16.0 Å². The summed E-state index contributed by atoms with van der Waals surface area (Å²) in [5.41, 5.74) is 3.18. The number of fused-ring (bicyclic) bond motifs is 5. The molecule has 0 bridgehead atoms. The molecule has 138 valence electrons. The van der Waals surface area contributed by atoms with Gasteiger partial charge in [0.15, 0.2) is 18.1 Å². The van der Waals surface area contributed by atoms with Gasteiger partial charge in [0, 0.05) is 4.88 Å². The molecule has 1 aliphatic rings. The predicted octanol–water partition coefficient (Wildman–Crippen LogP) is 4.61. The Kier molecular flexibility index (Phi) is 4.37. The van der Waals surface area contributed by atoms with E-state index in [2.05, 4.69) is 15.2 Å². The van der Waals surface area contributed by atoms with Gasteiger partial charge < -0.3 is 4.84 Å². The molecule has 8 heteroatoms. The van der Waals surface area contributed by atoms with Gasteiger partial charge in [0.25, 0.3) is 0 Å². The summed E-state index contributed by atoms with van der Waals surface area (Å²) in [5, 5.41) is 11.9. The number of hydrogen-bond donors (Lipinski definition) is 0. The second-order valence-electron chi connectivity index (χ2n) is 6.71. The van der Waals surface area contributed by atoms with Gasteiger partial charge in [-0.3, -0.25) is 0 Å². The Balaban J connectivity index is 1.45. The minimum Gasteiger partial charge on any atom is -0.387 e. The Labute approximate surface area is 164 Å². The Morgan fingerprint density at radius 1 is 1.30 bits per heavy atom. The SMILES string of the molecule is C/C(=N\OCc1nc2c3c4c(sc3ncn2n1)CCCCC4)c1cccs1. The molecular weight excluding hydrogens is 378 g/mol. The number of aryl methyl sites for hydroxylation is 2. The van der Waals surface area contributed by atoms with Gasteiger partial charge in [-0.05, 0) is 49.6 Å². The standard InChI is InChI=1S/C19H19N5OS2/c1-12(14-8-5-9-26-14)23-25-10-16-21-18-17-13-6-3-2-4-7-15(13)27-19(17)20-11-24(18)22-16/h5,8-9,11H,2-4,6-7,10H2,1H3/b23-12+. The van der Waals surface area contributed by atoms with Crippen LogP contribution in [0.1, 0.15) is 47.3 Å². The summed E-state index contributed by atoms with van der Waals surface area (Å²) >= 11 is 3.46. The van der Waals surface area contributed by atoms with Crippen LogP contribution in [0, 0.1) is 0 Å². The molecule has 0 aliphatic heterocycles. The first-order chi connectivity index (χ1) is 13.3. The highest BCUT2D eigenvalue weighted by Gasteiger charge is 2.20. The molecule has 4 aromatic heterocycles. The summed E-state index contributed by atoms with van der Waals surface area (Å²) in [4.78, 5) is 18.5. The van der Waals surface area contributed by atoms with E-state index >= 15 is 0 Å². The molecule has 4 aromatic rings. The normalized spacial score (nSPS) is 15.2. The maximum atomic E-state index is 5.50. The summed E-state index contributed by atoms with van der Waals surface area (Å²) < 4.78 is 1.77. The van der Waals surface area contributed by atoms with Crippen LogP contribution in [-0.4, -0.2) is 25.3 Å². The molecule has 6 nitrogen and oxygen atoms in total. The molecule has 1 aliphatic carbocycles. The number of nitrogens with zero attached hydrogens (tertiary/aromatic N) is 5. The van der Waals surface area contributed by atoms with Gasteiger partial charge in [-0.1, -0.05) is 17.6 Å². The lowest BCUT2D eigenvalue weighted by molar-refractivity contribution is 0.125. The highest BCUT2D eigenvalue weighted by atomic mass is 32.1. The van der Waals surface area contributed by atoms with Gasteiger partial charge in [-0.2, -0.15) is 0 Å². The van der Waals surface area contributed by atoms with Gasteiger partial charge in [-0.25, -0.2) is 14.5 Å². The third-order valence-electron chi connectivity index (χ3n) is 4.86. The van der Waals surface area contributed by atoms with Crippen molar-refractivity contribution in [2.45, 2.75) is 45.6 Å². The van der Waals surface area contributed by atoms with Crippen LogP contribution in [0.4, 0.5) is 0 Å². The minimum absolute atomic E-state index is 0.248. The van der Waals surface area contributed by atoms with E-state index in [0.717, 1.165) is 33.9 Å². The fourth-order valence-corrected chi connectivity index (χ4v) is 5.45. The van der Waals surface area contributed by atoms with Crippen LogP contribution in [0.15, 0.2) is 29.0 Å². The van der Waals surface area contributed by atoms with Crippen molar-refractivity contribution in [3.63, 3.8) is 0 Å². The zero-order valence-electron chi connectivity index (χ0n) is 15.0. The van der Waals surface area contributed by atoms with Gasteiger partial charge >= 0.3 is 0 Å². The van der Waals surface area contributed by atoms with Crippen molar-refractivity contribution in [2.24, 2.45) is 5.16 Å². The van der Waals surface area contributed by atoms with Crippen LogP contribution in [0.3, 0.4) is 0 Å². The quantitative estimate of drug-likeness (QED) is 0.287. The van der Waals surface area contributed by atoms with Crippen LogP contribution in [0.2, 0.25) is 0 Å². The van der Waals surface area contributed by atoms with E-state index in [1.807, 2.05) is 35.8 Å². The summed E-state index contributed by atoms with van der Waals surface area (Å²) in [6.45, 7) is 2.19. The lowest BCUT2D eigenvalue weighted by Crippen LogP contribution is -1.96. The van der Waals surface area contributed by atoms with Crippen molar-refractivity contribution in [1.82, 2.24) is 19.6 Å².